The molecule has 198 valence electrons. The first kappa shape index (κ1) is 27.9. The molecule has 3 rings (SSSR count). The summed E-state index contributed by atoms with van der Waals surface area (Å²) in [5.41, 5.74) is 8.14. The molecule has 9 heteroatoms. The zero-order chi connectivity index (χ0) is 27.3. The lowest BCUT2D eigenvalue weighted by Gasteiger charge is -2.22. The van der Waals surface area contributed by atoms with Crippen LogP contribution in [0.25, 0.3) is 11.3 Å². The van der Waals surface area contributed by atoms with Crippen LogP contribution in [-0.4, -0.2) is 47.4 Å². The van der Waals surface area contributed by atoms with E-state index in [2.05, 4.69) is 15.6 Å². The Labute approximate surface area is 221 Å². The Morgan fingerprint density at radius 3 is 2.29 bits per heavy atom. The number of amides is 3. The predicted molar refractivity (Wildman–Crippen MR) is 144 cm³/mol. The Bertz CT molecular complexity index is 1250. The Morgan fingerprint density at radius 1 is 0.947 bits per heavy atom. The van der Waals surface area contributed by atoms with E-state index in [1.807, 2.05) is 60.7 Å². The molecular weight excluding hydrogens is 484 g/mol. The van der Waals surface area contributed by atoms with Gasteiger partial charge in [0.25, 0.3) is 5.91 Å². The zero-order valence-corrected chi connectivity index (χ0v) is 21.2. The summed E-state index contributed by atoms with van der Waals surface area (Å²) in [6, 6.07) is 20.7. The summed E-state index contributed by atoms with van der Waals surface area (Å²) in [6.45, 7) is 1.89. The maximum atomic E-state index is 13.4. The maximum absolute atomic E-state index is 13.4. The molecule has 0 radical (unpaired) electrons. The van der Waals surface area contributed by atoms with Gasteiger partial charge in [0.05, 0.1) is 6.61 Å². The number of carbonyl (C=O) groups is 4. The number of hydrogen-bond acceptors (Lipinski definition) is 5. The normalized spacial score (nSPS) is 12.4. The van der Waals surface area contributed by atoms with Crippen molar-refractivity contribution in [2.45, 2.75) is 38.3 Å². The highest BCUT2D eigenvalue weighted by Gasteiger charge is 2.24. The Kier molecular flexibility index (Phi) is 10.4. The molecule has 1 aromatic heterocycles. The zero-order valence-electron chi connectivity index (χ0n) is 21.2. The van der Waals surface area contributed by atoms with Crippen LogP contribution in [0, 0.1) is 0 Å². The third-order valence-electron chi connectivity index (χ3n) is 5.70. The third-order valence-corrected chi connectivity index (χ3v) is 5.70. The second-order valence-electron chi connectivity index (χ2n) is 8.60. The number of carbonyl (C=O) groups excluding carboxylic acids is 4. The van der Waals surface area contributed by atoms with E-state index in [4.69, 9.17) is 10.5 Å². The molecular formula is C29H32N4O5. The van der Waals surface area contributed by atoms with E-state index < -0.39 is 35.8 Å². The molecule has 0 spiro atoms. The number of H-pyrrole nitrogens is 1. The lowest BCUT2D eigenvalue weighted by Crippen LogP contribution is -2.50. The first-order chi connectivity index (χ1) is 18.4. The van der Waals surface area contributed by atoms with Gasteiger partial charge in [-0.25, -0.2) is 4.79 Å². The predicted octanol–water partition coefficient (Wildman–Crippen LogP) is 2.89. The molecule has 0 bridgehead atoms. The highest BCUT2D eigenvalue weighted by Crippen LogP contribution is 2.18. The highest BCUT2D eigenvalue weighted by atomic mass is 16.5. The maximum Gasteiger partial charge on any atom is 0.330 e. The molecule has 0 aliphatic carbocycles. The van der Waals surface area contributed by atoms with Gasteiger partial charge in [-0.1, -0.05) is 66.7 Å². The van der Waals surface area contributed by atoms with Crippen LogP contribution in [0.5, 0.6) is 0 Å². The monoisotopic (exact) mass is 516 g/mol. The van der Waals surface area contributed by atoms with Crippen LogP contribution in [0.1, 0.15) is 35.8 Å². The first-order valence-corrected chi connectivity index (χ1v) is 12.4. The molecule has 2 atom stereocenters. The van der Waals surface area contributed by atoms with Crippen molar-refractivity contribution in [1.29, 1.82) is 0 Å². The van der Waals surface area contributed by atoms with Gasteiger partial charge in [0, 0.05) is 30.7 Å². The fraction of sp³-hybridized carbons (Fsp3) is 0.241. The van der Waals surface area contributed by atoms with Gasteiger partial charge < -0.3 is 26.1 Å². The average Bonchev–Trinajstić information content (AvgIpc) is 3.41. The number of aromatic nitrogens is 1. The van der Waals surface area contributed by atoms with Crippen molar-refractivity contribution in [2.75, 3.05) is 6.61 Å². The van der Waals surface area contributed by atoms with E-state index in [9.17, 15) is 19.2 Å². The van der Waals surface area contributed by atoms with Crippen molar-refractivity contribution >= 4 is 23.7 Å². The van der Waals surface area contributed by atoms with Crippen molar-refractivity contribution in [2.24, 2.45) is 5.73 Å². The minimum Gasteiger partial charge on any atom is -0.463 e. The molecule has 0 fully saturated rings. The second kappa shape index (κ2) is 14.2. The summed E-state index contributed by atoms with van der Waals surface area (Å²) in [7, 11) is 0. The van der Waals surface area contributed by atoms with E-state index >= 15 is 0 Å². The summed E-state index contributed by atoms with van der Waals surface area (Å²) < 4.78 is 4.89. The van der Waals surface area contributed by atoms with Crippen molar-refractivity contribution < 1.29 is 23.9 Å². The number of benzene rings is 2. The largest absolute Gasteiger partial charge is 0.463 e. The first-order valence-electron chi connectivity index (χ1n) is 12.4. The molecule has 3 aromatic rings. The summed E-state index contributed by atoms with van der Waals surface area (Å²) in [5, 5.41) is 5.62. The topological polar surface area (TPSA) is 143 Å². The number of rotatable bonds is 13. The van der Waals surface area contributed by atoms with E-state index in [0.29, 0.717) is 5.69 Å². The third kappa shape index (κ3) is 8.77. The number of aromatic amines is 1. The highest BCUT2D eigenvalue weighted by molar-refractivity contribution is 5.97. The van der Waals surface area contributed by atoms with Crippen molar-refractivity contribution in [3.8, 4) is 11.3 Å². The minimum atomic E-state index is -0.930. The van der Waals surface area contributed by atoms with Crippen molar-refractivity contribution in [3.05, 3.63) is 96.2 Å². The molecule has 9 nitrogen and oxygen atoms in total. The van der Waals surface area contributed by atoms with Gasteiger partial charge in [0.1, 0.15) is 11.7 Å². The minimum absolute atomic E-state index is 0.00143. The van der Waals surface area contributed by atoms with Gasteiger partial charge in [-0.15, -0.1) is 0 Å². The molecule has 0 unspecified atom stereocenters. The molecule has 3 amide bonds. The molecule has 0 aliphatic heterocycles. The quantitative estimate of drug-likeness (QED) is 0.204. The summed E-state index contributed by atoms with van der Waals surface area (Å²) in [4.78, 5) is 52.7. The van der Waals surface area contributed by atoms with E-state index in [0.717, 1.165) is 16.8 Å². The van der Waals surface area contributed by atoms with Gasteiger partial charge >= 0.3 is 5.97 Å². The van der Waals surface area contributed by atoms with Gasteiger partial charge in [-0.05, 0) is 36.6 Å². The average molecular weight is 517 g/mol. The number of esters is 1. The molecule has 0 saturated heterocycles. The van der Waals surface area contributed by atoms with Crippen molar-refractivity contribution in [1.82, 2.24) is 15.6 Å². The van der Waals surface area contributed by atoms with E-state index in [1.165, 1.54) is 12.2 Å². The summed E-state index contributed by atoms with van der Waals surface area (Å²) in [6.07, 6.45) is 3.06. The van der Waals surface area contributed by atoms with Crippen molar-refractivity contribution in [3.63, 3.8) is 0 Å². The summed E-state index contributed by atoms with van der Waals surface area (Å²) >= 11 is 0. The Balaban J connectivity index is 1.78. The van der Waals surface area contributed by atoms with Crippen LogP contribution >= 0.6 is 0 Å². The van der Waals surface area contributed by atoms with Gasteiger partial charge in [0.2, 0.25) is 11.8 Å². The van der Waals surface area contributed by atoms with Crippen LogP contribution < -0.4 is 16.4 Å². The number of nitrogens with two attached hydrogens (primary N) is 1. The summed E-state index contributed by atoms with van der Waals surface area (Å²) in [5.74, 6) is -2.02. The number of primary amides is 1. The standard InChI is InChI=1S/C29H32N4O5/c1-2-38-27(35)18-14-22(13-17-26(30)34)31-29(37)25(19-20-9-5-3-6-10-20)33-28(36)24-16-15-23(32-24)21-11-7-4-8-12-21/h3-12,14-16,18,22,25,32H,2,13,17,19H2,1H3,(H2,30,34)(H,31,37)(H,33,36)/b18-14+/t22-,25-/m0/s1. The lowest BCUT2D eigenvalue weighted by atomic mass is 10.0. The number of hydrogen-bond donors (Lipinski definition) is 4. The van der Waals surface area contributed by atoms with Crippen LogP contribution in [0.4, 0.5) is 0 Å². The lowest BCUT2D eigenvalue weighted by molar-refractivity contribution is -0.137. The number of nitrogens with one attached hydrogen (secondary N) is 3. The smallest absolute Gasteiger partial charge is 0.330 e. The fourth-order valence-corrected chi connectivity index (χ4v) is 3.79. The van der Waals surface area contributed by atoms with Gasteiger partial charge in [-0.2, -0.15) is 0 Å². The SMILES string of the molecule is CCOC(=O)/C=C/[C@H](CCC(N)=O)NC(=O)[C@H](Cc1ccccc1)NC(=O)c1ccc(-c2ccccc2)[nH]1. The van der Waals surface area contributed by atoms with Crippen LogP contribution in [0.15, 0.2) is 84.9 Å². The molecule has 38 heavy (non-hydrogen) atoms. The van der Waals surface area contributed by atoms with E-state index in [1.54, 1.807) is 19.1 Å². The van der Waals surface area contributed by atoms with Gasteiger partial charge in [-0.3, -0.25) is 14.4 Å². The molecule has 5 N–H and O–H groups in total. The molecule has 0 aliphatic rings. The van der Waals surface area contributed by atoms with E-state index in [-0.39, 0.29) is 25.9 Å². The fourth-order valence-electron chi connectivity index (χ4n) is 3.79. The molecule has 0 saturated carbocycles. The molecule has 2 aromatic carbocycles. The number of ether oxygens (including phenoxy) is 1. The van der Waals surface area contributed by atoms with Crippen LogP contribution in [0.3, 0.4) is 0 Å². The van der Waals surface area contributed by atoms with Crippen LogP contribution in [-0.2, 0) is 25.5 Å². The van der Waals surface area contributed by atoms with Gasteiger partial charge in [0.15, 0.2) is 0 Å². The Morgan fingerprint density at radius 2 is 1.63 bits per heavy atom. The Hall–Kier alpha value is -4.66. The van der Waals surface area contributed by atoms with Crippen LogP contribution in [0.2, 0.25) is 0 Å². The second-order valence-corrected chi connectivity index (χ2v) is 8.60. The molecule has 1 heterocycles.